The summed E-state index contributed by atoms with van der Waals surface area (Å²) in [5.74, 6) is 0.771. The molecule has 0 aliphatic carbocycles. The van der Waals surface area contributed by atoms with Gasteiger partial charge in [0.25, 0.3) is 0 Å². The van der Waals surface area contributed by atoms with Gasteiger partial charge in [-0.15, -0.1) is 0 Å². The van der Waals surface area contributed by atoms with E-state index in [1.807, 2.05) is 30.3 Å². The zero-order valence-electron chi connectivity index (χ0n) is 8.07. The highest BCUT2D eigenvalue weighted by Crippen LogP contribution is 2.22. The first-order valence-electron chi connectivity index (χ1n) is 4.54. The van der Waals surface area contributed by atoms with Crippen LogP contribution in [-0.4, -0.2) is 13.7 Å². The van der Waals surface area contributed by atoms with E-state index >= 15 is 0 Å². The van der Waals surface area contributed by atoms with E-state index in [0.717, 1.165) is 16.7 Å². The molecule has 0 aliphatic heterocycles. The molecule has 1 heterocycles. The molecule has 1 aromatic carbocycles. The summed E-state index contributed by atoms with van der Waals surface area (Å²) in [6, 6.07) is 9.62. The molecule has 14 heavy (non-hydrogen) atoms. The van der Waals surface area contributed by atoms with E-state index in [4.69, 9.17) is 14.9 Å². The summed E-state index contributed by atoms with van der Waals surface area (Å²) in [5.41, 5.74) is 6.72. The van der Waals surface area contributed by atoms with Crippen molar-refractivity contribution in [3.05, 3.63) is 36.1 Å². The molecule has 0 spiro atoms. The molecule has 74 valence electrons. The number of furan rings is 1. The van der Waals surface area contributed by atoms with Crippen LogP contribution < -0.4 is 5.73 Å². The van der Waals surface area contributed by atoms with E-state index in [2.05, 4.69) is 0 Å². The van der Waals surface area contributed by atoms with Crippen LogP contribution in [0, 0.1) is 0 Å². The lowest BCUT2D eigenvalue weighted by Gasteiger charge is -2.05. The van der Waals surface area contributed by atoms with E-state index in [0.29, 0.717) is 6.61 Å². The van der Waals surface area contributed by atoms with Crippen LogP contribution in [-0.2, 0) is 4.74 Å². The van der Waals surface area contributed by atoms with Crippen molar-refractivity contribution in [2.24, 2.45) is 5.73 Å². The van der Waals surface area contributed by atoms with E-state index in [9.17, 15) is 0 Å². The van der Waals surface area contributed by atoms with Gasteiger partial charge in [-0.1, -0.05) is 18.2 Å². The van der Waals surface area contributed by atoms with Crippen molar-refractivity contribution in [1.82, 2.24) is 0 Å². The molecular formula is C11H13NO2. The van der Waals surface area contributed by atoms with Gasteiger partial charge in [-0.3, -0.25) is 0 Å². The number of hydrogen-bond donors (Lipinski definition) is 1. The maximum absolute atomic E-state index is 5.85. The molecule has 0 fully saturated rings. The molecule has 3 nitrogen and oxygen atoms in total. The van der Waals surface area contributed by atoms with Crippen LogP contribution in [0.3, 0.4) is 0 Å². The van der Waals surface area contributed by atoms with Crippen LogP contribution in [0.2, 0.25) is 0 Å². The molecule has 1 unspecified atom stereocenters. The van der Waals surface area contributed by atoms with Gasteiger partial charge in [0, 0.05) is 12.5 Å². The van der Waals surface area contributed by atoms with Gasteiger partial charge in [-0.25, -0.2) is 0 Å². The fourth-order valence-corrected chi connectivity index (χ4v) is 1.45. The highest BCUT2D eigenvalue weighted by Gasteiger charge is 2.10. The van der Waals surface area contributed by atoms with Crippen LogP contribution in [0.25, 0.3) is 11.0 Å². The van der Waals surface area contributed by atoms with Gasteiger partial charge in [-0.05, 0) is 12.1 Å². The largest absolute Gasteiger partial charge is 0.459 e. The minimum Gasteiger partial charge on any atom is -0.459 e. The first-order chi connectivity index (χ1) is 6.81. The summed E-state index contributed by atoms with van der Waals surface area (Å²) in [4.78, 5) is 0. The average molecular weight is 191 g/mol. The molecule has 2 N–H and O–H groups in total. The Labute approximate surface area is 82.5 Å². The lowest BCUT2D eigenvalue weighted by atomic mass is 10.2. The predicted molar refractivity (Wildman–Crippen MR) is 55.0 cm³/mol. The molecule has 0 aliphatic rings. The number of fused-ring (bicyclic) bond motifs is 1. The van der Waals surface area contributed by atoms with Crippen LogP contribution >= 0.6 is 0 Å². The predicted octanol–water partition coefficient (Wildman–Crippen LogP) is 2.08. The zero-order chi connectivity index (χ0) is 9.97. The normalized spacial score (nSPS) is 13.3. The number of nitrogens with two attached hydrogens (primary N) is 1. The molecular weight excluding hydrogens is 178 g/mol. The molecule has 0 saturated heterocycles. The number of hydrogen-bond acceptors (Lipinski definition) is 3. The van der Waals surface area contributed by atoms with Crippen molar-refractivity contribution < 1.29 is 9.15 Å². The quantitative estimate of drug-likeness (QED) is 0.808. The third kappa shape index (κ3) is 1.64. The van der Waals surface area contributed by atoms with Crippen molar-refractivity contribution in [2.75, 3.05) is 13.7 Å². The van der Waals surface area contributed by atoms with Gasteiger partial charge >= 0.3 is 0 Å². The summed E-state index contributed by atoms with van der Waals surface area (Å²) < 4.78 is 10.5. The van der Waals surface area contributed by atoms with Gasteiger partial charge < -0.3 is 14.9 Å². The Hall–Kier alpha value is -1.32. The smallest absolute Gasteiger partial charge is 0.134 e. The molecule has 2 aromatic rings. The van der Waals surface area contributed by atoms with Gasteiger partial charge in [-0.2, -0.15) is 0 Å². The standard InChI is InChI=1S/C11H13NO2/c1-13-7-9(12)11-6-8-4-2-3-5-10(8)14-11/h2-6,9H,7,12H2,1H3. The first-order valence-corrected chi connectivity index (χ1v) is 4.54. The number of benzene rings is 1. The minimum atomic E-state index is -0.188. The van der Waals surface area contributed by atoms with Gasteiger partial charge in [0.05, 0.1) is 12.6 Å². The lowest BCUT2D eigenvalue weighted by molar-refractivity contribution is 0.173. The second kappa shape index (κ2) is 3.82. The molecule has 1 aromatic heterocycles. The third-order valence-electron chi connectivity index (χ3n) is 2.16. The molecule has 0 radical (unpaired) electrons. The second-order valence-corrected chi connectivity index (χ2v) is 3.25. The zero-order valence-corrected chi connectivity index (χ0v) is 8.07. The van der Waals surface area contributed by atoms with Gasteiger partial charge in [0.15, 0.2) is 0 Å². The van der Waals surface area contributed by atoms with Crippen LogP contribution in [0.1, 0.15) is 11.8 Å². The van der Waals surface area contributed by atoms with E-state index < -0.39 is 0 Å². The fourth-order valence-electron chi connectivity index (χ4n) is 1.45. The van der Waals surface area contributed by atoms with Crippen LogP contribution in [0.4, 0.5) is 0 Å². The Morgan fingerprint density at radius 3 is 2.93 bits per heavy atom. The summed E-state index contributed by atoms with van der Waals surface area (Å²) in [7, 11) is 1.63. The van der Waals surface area contributed by atoms with Crippen molar-refractivity contribution in [3.63, 3.8) is 0 Å². The Morgan fingerprint density at radius 2 is 2.21 bits per heavy atom. The second-order valence-electron chi connectivity index (χ2n) is 3.25. The van der Waals surface area contributed by atoms with Crippen molar-refractivity contribution in [2.45, 2.75) is 6.04 Å². The Bertz CT molecular complexity index is 389. The summed E-state index contributed by atoms with van der Waals surface area (Å²) in [5, 5.41) is 1.08. The molecule has 0 amide bonds. The van der Waals surface area contributed by atoms with Crippen molar-refractivity contribution >= 4 is 11.0 Å². The van der Waals surface area contributed by atoms with Gasteiger partial charge in [0.1, 0.15) is 11.3 Å². The Kier molecular flexibility index (Phi) is 2.52. The third-order valence-corrected chi connectivity index (χ3v) is 2.16. The molecule has 0 saturated carbocycles. The number of methoxy groups -OCH3 is 1. The fraction of sp³-hybridized carbons (Fsp3) is 0.273. The summed E-state index contributed by atoms with van der Waals surface area (Å²) in [6.45, 7) is 0.472. The minimum absolute atomic E-state index is 0.188. The van der Waals surface area contributed by atoms with Crippen molar-refractivity contribution in [3.8, 4) is 0 Å². The monoisotopic (exact) mass is 191 g/mol. The maximum atomic E-state index is 5.85. The highest BCUT2D eigenvalue weighted by atomic mass is 16.5. The highest BCUT2D eigenvalue weighted by molar-refractivity contribution is 5.77. The SMILES string of the molecule is COCC(N)c1cc2ccccc2o1. The number of para-hydroxylation sites is 1. The number of ether oxygens (including phenoxy) is 1. The average Bonchev–Trinajstić information content (AvgIpc) is 2.61. The van der Waals surface area contributed by atoms with E-state index in [1.165, 1.54) is 0 Å². The topological polar surface area (TPSA) is 48.4 Å². The molecule has 3 heteroatoms. The van der Waals surface area contributed by atoms with Crippen LogP contribution in [0.5, 0.6) is 0 Å². The van der Waals surface area contributed by atoms with E-state index in [1.54, 1.807) is 7.11 Å². The molecule has 1 atom stereocenters. The van der Waals surface area contributed by atoms with E-state index in [-0.39, 0.29) is 6.04 Å². The Morgan fingerprint density at radius 1 is 1.43 bits per heavy atom. The number of rotatable bonds is 3. The summed E-state index contributed by atoms with van der Waals surface area (Å²) >= 11 is 0. The Balaban J connectivity index is 2.35. The summed E-state index contributed by atoms with van der Waals surface area (Å²) in [6.07, 6.45) is 0. The maximum Gasteiger partial charge on any atom is 0.134 e. The molecule has 2 rings (SSSR count). The lowest BCUT2D eigenvalue weighted by Crippen LogP contribution is -2.14. The van der Waals surface area contributed by atoms with Crippen molar-refractivity contribution in [1.29, 1.82) is 0 Å². The first kappa shape index (κ1) is 9.24. The van der Waals surface area contributed by atoms with Gasteiger partial charge in [0.2, 0.25) is 0 Å². The molecule has 0 bridgehead atoms. The van der Waals surface area contributed by atoms with Crippen LogP contribution in [0.15, 0.2) is 34.7 Å².